The first-order valence-electron chi connectivity index (χ1n) is 9.35. The second-order valence-electron chi connectivity index (χ2n) is 7.31. The van der Waals surface area contributed by atoms with Crippen LogP contribution >= 0.6 is 0 Å². The molecule has 0 aromatic heterocycles. The van der Waals surface area contributed by atoms with Gasteiger partial charge >= 0.3 is 6.03 Å². The number of aryl methyl sites for hydroxylation is 1. The van der Waals surface area contributed by atoms with Crippen molar-refractivity contribution in [2.75, 3.05) is 13.1 Å². The number of nitrogens with zero attached hydrogens (tertiary/aromatic N) is 2. The summed E-state index contributed by atoms with van der Waals surface area (Å²) in [5.74, 6) is 6.25. The van der Waals surface area contributed by atoms with Gasteiger partial charge in [0, 0.05) is 43.6 Å². The van der Waals surface area contributed by atoms with Crippen molar-refractivity contribution in [1.82, 2.24) is 9.80 Å². The molecule has 2 aliphatic rings. The minimum absolute atomic E-state index is 0.101. The molecule has 2 amide bonds. The second-order valence-corrected chi connectivity index (χ2v) is 7.31. The predicted octanol–water partition coefficient (Wildman–Crippen LogP) is 3.17. The number of amides is 2. The summed E-state index contributed by atoms with van der Waals surface area (Å²) in [6.45, 7) is 7.51. The Hall–Kier alpha value is -1.99. The lowest BCUT2D eigenvalue weighted by Gasteiger charge is -2.43. The lowest BCUT2D eigenvalue weighted by atomic mass is 9.86. The maximum atomic E-state index is 12.8. The first kappa shape index (κ1) is 17.8. The third-order valence-electron chi connectivity index (χ3n) is 5.48. The standard InChI is InChI=1S/C21H28N2O2/c1-4-22(5-2)20(24)23-18-9-10-19(23)15-21(25,14-18)12-11-17-8-6-7-16(3)13-17/h6-8,13,18-19,25H,4-5,9-10,14-15H2,1-3H3. The molecule has 134 valence electrons. The number of aliphatic hydroxyl groups is 1. The molecule has 0 spiro atoms. The number of rotatable bonds is 2. The Kier molecular flexibility index (Phi) is 5.06. The summed E-state index contributed by atoms with van der Waals surface area (Å²) in [6.07, 6.45) is 3.03. The first-order valence-corrected chi connectivity index (χ1v) is 9.35. The van der Waals surface area contributed by atoms with Crippen molar-refractivity contribution in [1.29, 1.82) is 0 Å². The van der Waals surface area contributed by atoms with Gasteiger partial charge in [-0.25, -0.2) is 4.79 Å². The molecule has 2 fully saturated rings. The molecule has 2 saturated heterocycles. The van der Waals surface area contributed by atoms with Gasteiger partial charge in [0.15, 0.2) is 0 Å². The normalized spacial score (nSPS) is 27.6. The lowest BCUT2D eigenvalue weighted by molar-refractivity contribution is -0.000377. The largest absolute Gasteiger partial charge is 0.377 e. The van der Waals surface area contributed by atoms with E-state index >= 15 is 0 Å². The molecule has 2 unspecified atom stereocenters. The molecule has 2 heterocycles. The number of fused-ring (bicyclic) bond motifs is 2. The van der Waals surface area contributed by atoms with Gasteiger partial charge in [-0.2, -0.15) is 0 Å². The van der Waals surface area contributed by atoms with Gasteiger partial charge in [0.1, 0.15) is 5.60 Å². The van der Waals surface area contributed by atoms with Crippen molar-refractivity contribution in [3.05, 3.63) is 35.4 Å². The van der Waals surface area contributed by atoms with Gasteiger partial charge < -0.3 is 14.9 Å². The monoisotopic (exact) mass is 340 g/mol. The van der Waals surface area contributed by atoms with Gasteiger partial charge in [-0.1, -0.05) is 24.0 Å². The van der Waals surface area contributed by atoms with Crippen molar-refractivity contribution < 1.29 is 9.90 Å². The minimum atomic E-state index is -0.990. The van der Waals surface area contributed by atoms with E-state index in [4.69, 9.17) is 0 Å². The van der Waals surface area contributed by atoms with E-state index < -0.39 is 5.60 Å². The average molecular weight is 340 g/mol. The highest BCUT2D eigenvalue weighted by molar-refractivity contribution is 5.75. The maximum absolute atomic E-state index is 12.8. The van der Waals surface area contributed by atoms with Crippen molar-refractivity contribution >= 4 is 6.03 Å². The molecule has 25 heavy (non-hydrogen) atoms. The van der Waals surface area contributed by atoms with Crippen LogP contribution in [0.1, 0.15) is 50.7 Å². The topological polar surface area (TPSA) is 43.8 Å². The zero-order chi connectivity index (χ0) is 18.0. The average Bonchev–Trinajstić information content (AvgIpc) is 2.87. The molecular weight excluding hydrogens is 312 g/mol. The second kappa shape index (κ2) is 7.09. The molecule has 1 aromatic carbocycles. The predicted molar refractivity (Wildman–Crippen MR) is 99.2 cm³/mol. The summed E-state index contributed by atoms with van der Waals surface area (Å²) in [7, 11) is 0. The van der Waals surface area contributed by atoms with Crippen LogP contribution in [-0.2, 0) is 0 Å². The Bertz CT molecular complexity index is 685. The molecular formula is C21H28N2O2. The highest BCUT2D eigenvalue weighted by Gasteiger charge is 2.49. The van der Waals surface area contributed by atoms with E-state index in [0.717, 1.165) is 31.5 Å². The zero-order valence-corrected chi connectivity index (χ0v) is 15.5. The summed E-state index contributed by atoms with van der Waals surface area (Å²) >= 11 is 0. The fraction of sp³-hybridized carbons (Fsp3) is 0.571. The van der Waals surface area contributed by atoms with Crippen LogP contribution in [0.25, 0.3) is 0 Å². The molecule has 0 radical (unpaired) electrons. The van der Waals surface area contributed by atoms with E-state index in [2.05, 4.69) is 11.8 Å². The van der Waals surface area contributed by atoms with E-state index in [-0.39, 0.29) is 18.1 Å². The van der Waals surface area contributed by atoms with E-state index in [9.17, 15) is 9.90 Å². The van der Waals surface area contributed by atoms with Crippen molar-refractivity contribution in [3.63, 3.8) is 0 Å². The summed E-state index contributed by atoms with van der Waals surface area (Å²) in [5, 5.41) is 11.0. The molecule has 1 N–H and O–H groups in total. The Morgan fingerprint density at radius 1 is 1.28 bits per heavy atom. The molecule has 0 aliphatic carbocycles. The SMILES string of the molecule is CCN(CC)C(=O)N1C2CCC1CC(O)(C#Cc1cccc(C)c1)C2. The van der Waals surface area contributed by atoms with Gasteiger partial charge in [0.25, 0.3) is 0 Å². The Labute approximate surface area is 150 Å². The van der Waals surface area contributed by atoms with Gasteiger partial charge in [-0.05, 0) is 51.3 Å². The third-order valence-corrected chi connectivity index (χ3v) is 5.48. The number of benzene rings is 1. The molecule has 4 heteroatoms. The fourth-order valence-corrected chi connectivity index (χ4v) is 4.21. The Morgan fingerprint density at radius 3 is 2.48 bits per heavy atom. The first-order chi connectivity index (χ1) is 12.0. The molecule has 1 aromatic rings. The third kappa shape index (κ3) is 3.67. The van der Waals surface area contributed by atoms with E-state index in [1.807, 2.05) is 54.8 Å². The highest BCUT2D eigenvalue weighted by atomic mass is 16.3. The molecule has 2 atom stereocenters. The van der Waals surface area contributed by atoms with Crippen molar-refractivity contribution in [2.45, 2.75) is 64.1 Å². The van der Waals surface area contributed by atoms with Crippen LogP contribution in [-0.4, -0.2) is 51.7 Å². The van der Waals surface area contributed by atoms with Crippen LogP contribution in [0.4, 0.5) is 4.79 Å². The van der Waals surface area contributed by atoms with Gasteiger partial charge in [-0.15, -0.1) is 0 Å². The summed E-state index contributed by atoms with van der Waals surface area (Å²) in [4.78, 5) is 16.7. The Morgan fingerprint density at radius 2 is 1.92 bits per heavy atom. The number of piperidine rings is 1. The van der Waals surface area contributed by atoms with E-state index in [1.165, 1.54) is 5.56 Å². The highest BCUT2D eigenvalue weighted by Crippen LogP contribution is 2.41. The number of urea groups is 1. The zero-order valence-electron chi connectivity index (χ0n) is 15.5. The smallest absolute Gasteiger partial charge is 0.320 e. The van der Waals surface area contributed by atoms with Gasteiger partial charge in [0.05, 0.1) is 0 Å². The van der Waals surface area contributed by atoms with Crippen molar-refractivity contribution in [3.8, 4) is 11.8 Å². The van der Waals surface area contributed by atoms with Crippen LogP contribution in [0.15, 0.2) is 24.3 Å². The molecule has 2 aliphatic heterocycles. The summed E-state index contributed by atoms with van der Waals surface area (Å²) < 4.78 is 0. The molecule has 3 rings (SSSR count). The Balaban J connectivity index is 1.76. The number of hydrogen-bond acceptors (Lipinski definition) is 2. The van der Waals surface area contributed by atoms with E-state index in [1.54, 1.807) is 0 Å². The minimum Gasteiger partial charge on any atom is -0.377 e. The molecule has 0 saturated carbocycles. The van der Waals surface area contributed by atoms with Gasteiger partial charge in [-0.3, -0.25) is 0 Å². The summed E-state index contributed by atoms with van der Waals surface area (Å²) in [5.41, 5.74) is 1.11. The quantitative estimate of drug-likeness (QED) is 0.841. The van der Waals surface area contributed by atoms with E-state index in [0.29, 0.717) is 12.8 Å². The maximum Gasteiger partial charge on any atom is 0.320 e. The van der Waals surface area contributed by atoms with Crippen LogP contribution in [0, 0.1) is 18.8 Å². The number of carbonyl (C=O) groups is 1. The molecule has 4 nitrogen and oxygen atoms in total. The number of hydrogen-bond donors (Lipinski definition) is 1. The van der Waals surface area contributed by atoms with Crippen LogP contribution in [0.5, 0.6) is 0 Å². The van der Waals surface area contributed by atoms with Gasteiger partial charge in [0.2, 0.25) is 0 Å². The van der Waals surface area contributed by atoms with Crippen LogP contribution < -0.4 is 0 Å². The number of carbonyl (C=O) groups excluding carboxylic acids is 1. The van der Waals surface area contributed by atoms with Crippen LogP contribution in [0.2, 0.25) is 0 Å². The van der Waals surface area contributed by atoms with Crippen LogP contribution in [0.3, 0.4) is 0 Å². The lowest BCUT2D eigenvalue weighted by Crippen LogP contribution is -2.56. The summed E-state index contributed by atoms with van der Waals surface area (Å²) in [6, 6.07) is 8.34. The molecule has 2 bridgehead atoms. The van der Waals surface area contributed by atoms with Crippen molar-refractivity contribution in [2.24, 2.45) is 0 Å². The fourth-order valence-electron chi connectivity index (χ4n) is 4.21.